The molecule has 2 aromatic carbocycles. The minimum absolute atomic E-state index is 0.160. The monoisotopic (exact) mass is 220 g/mol. The molecular formula is C16H12O. The molecule has 0 saturated carbocycles. The Hall–Kier alpha value is -2.04. The van der Waals surface area contributed by atoms with E-state index < -0.39 is 5.60 Å². The molecule has 2 aromatic rings. The van der Waals surface area contributed by atoms with Crippen molar-refractivity contribution in [2.75, 3.05) is 0 Å². The zero-order valence-electron chi connectivity index (χ0n) is 9.34. The van der Waals surface area contributed by atoms with Crippen molar-refractivity contribution in [2.24, 2.45) is 0 Å². The lowest BCUT2D eigenvalue weighted by Gasteiger charge is -2.12. The summed E-state index contributed by atoms with van der Waals surface area (Å²) in [4.78, 5) is 0. The third kappa shape index (κ3) is 1.46. The number of epoxide rings is 1. The summed E-state index contributed by atoms with van der Waals surface area (Å²) in [6, 6.07) is 20.3. The Labute approximate surface area is 101 Å². The summed E-state index contributed by atoms with van der Waals surface area (Å²) < 4.78 is 5.79. The summed E-state index contributed by atoms with van der Waals surface area (Å²) in [6.07, 6.45) is 5.35. The van der Waals surface area contributed by atoms with Crippen molar-refractivity contribution in [2.45, 2.75) is 11.7 Å². The van der Waals surface area contributed by atoms with Gasteiger partial charge in [-0.25, -0.2) is 0 Å². The highest BCUT2D eigenvalue weighted by Crippen LogP contribution is 2.51. The first-order chi connectivity index (χ1) is 8.38. The van der Waals surface area contributed by atoms with Gasteiger partial charge in [0, 0.05) is 0 Å². The van der Waals surface area contributed by atoms with Crippen LogP contribution in [0.25, 0.3) is 0 Å². The zero-order chi connectivity index (χ0) is 11.7. The topological polar surface area (TPSA) is 12.5 Å². The average molecular weight is 220 g/mol. The van der Waals surface area contributed by atoms with Crippen molar-refractivity contribution in [1.82, 2.24) is 0 Å². The van der Waals surface area contributed by atoms with Gasteiger partial charge in [0.25, 0.3) is 0 Å². The van der Waals surface area contributed by atoms with E-state index in [1.165, 1.54) is 0 Å². The van der Waals surface area contributed by atoms with Crippen LogP contribution in [-0.4, -0.2) is 6.10 Å². The van der Waals surface area contributed by atoms with Gasteiger partial charge in [-0.2, -0.15) is 0 Å². The molecule has 1 heteroatoms. The van der Waals surface area contributed by atoms with Gasteiger partial charge in [-0.05, 0) is 11.1 Å². The van der Waals surface area contributed by atoms with E-state index in [-0.39, 0.29) is 6.10 Å². The highest BCUT2D eigenvalue weighted by molar-refractivity contribution is 5.46. The molecule has 1 fully saturated rings. The standard InChI is InChI=1S/C16H12O/c1-2-15-16(17-15,13-9-5-3-6-10-13)14-11-7-4-8-12-14/h1,3-12,15H. The van der Waals surface area contributed by atoms with Gasteiger partial charge in [0.1, 0.15) is 0 Å². The van der Waals surface area contributed by atoms with Crippen LogP contribution in [0.1, 0.15) is 11.1 Å². The van der Waals surface area contributed by atoms with E-state index in [4.69, 9.17) is 11.2 Å². The van der Waals surface area contributed by atoms with E-state index in [2.05, 4.69) is 30.2 Å². The minimum atomic E-state index is -0.433. The lowest BCUT2D eigenvalue weighted by atomic mass is 9.88. The number of hydrogen-bond donors (Lipinski definition) is 0. The van der Waals surface area contributed by atoms with Crippen LogP contribution in [0.2, 0.25) is 0 Å². The Bertz CT molecular complexity index is 512. The number of hydrogen-bond acceptors (Lipinski definition) is 1. The summed E-state index contributed by atoms with van der Waals surface area (Å²) in [7, 11) is 0. The third-order valence-electron chi connectivity index (χ3n) is 3.17. The Balaban J connectivity index is 2.12. The average Bonchev–Trinajstić information content (AvgIpc) is 3.17. The quantitative estimate of drug-likeness (QED) is 0.560. The predicted octanol–water partition coefficient (Wildman–Crippen LogP) is 2.96. The van der Waals surface area contributed by atoms with Gasteiger partial charge < -0.3 is 4.74 Å². The summed E-state index contributed by atoms with van der Waals surface area (Å²) >= 11 is 0. The molecule has 1 saturated heterocycles. The van der Waals surface area contributed by atoms with E-state index >= 15 is 0 Å². The maximum absolute atomic E-state index is 5.79. The molecule has 1 aliphatic heterocycles. The molecule has 0 bridgehead atoms. The second-order valence-electron chi connectivity index (χ2n) is 4.13. The van der Waals surface area contributed by atoms with Crippen LogP contribution < -0.4 is 0 Å². The highest BCUT2D eigenvalue weighted by atomic mass is 16.6. The molecule has 1 heterocycles. The molecule has 0 spiro atoms. The van der Waals surface area contributed by atoms with Crippen LogP contribution in [0, 0.1) is 12.3 Å². The molecule has 0 aromatic heterocycles. The highest BCUT2D eigenvalue weighted by Gasteiger charge is 2.58. The summed E-state index contributed by atoms with van der Waals surface area (Å²) in [6.45, 7) is 0. The number of ether oxygens (including phenoxy) is 1. The zero-order valence-corrected chi connectivity index (χ0v) is 9.34. The Morgan fingerprint density at radius 1 is 0.882 bits per heavy atom. The van der Waals surface area contributed by atoms with E-state index in [0.717, 1.165) is 11.1 Å². The van der Waals surface area contributed by atoms with Crippen molar-refractivity contribution < 1.29 is 4.74 Å². The Morgan fingerprint density at radius 2 is 1.35 bits per heavy atom. The third-order valence-corrected chi connectivity index (χ3v) is 3.17. The van der Waals surface area contributed by atoms with Gasteiger partial charge in [-0.1, -0.05) is 66.6 Å². The second kappa shape index (κ2) is 3.76. The van der Waals surface area contributed by atoms with Gasteiger partial charge in [-0.15, -0.1) is 6.42 Å². The van der Waals surface area contributed by atoms with Gasteiger partial charge in [0.05, 0.1) is 0 Å². The summed E-state index contributed by atoms with van der Waals surface area (Å²) in [5.74, 6) is 2.70. The molecule has 17 heavy (non-hydrogen) atoms. The van der Waals surface area contributed by atoms with Gasteiger partial charge in [-0.3, -0.25) is 0 Å². The molecule has 82 valence electrons. The van der Waals surface area contributed by atoms with Crippen LogP contribution in [0.4, 0.5) is 0 Å². The van der Waals surface area contributed by atoms with Crippen molar-refractivity contribution in [1.29, 1.82) is 0 Å². The fourth-order valence-corrected chi connectivity index (χ4v) is 2.28. The first kappa shape index (κ1) is 10.1. The normalized spacial score (nSPS) is 20.5. The molecule has 1 atom stereocenters. The minimum Gasteiger partial charge on any atom is -0.342 e. The summed E-state index contributed by atoms with van der Waals surface area (Å²) in [5, 5.41) is 0. The molecule has 0 amide bonds. The Morgan fingerprint density at radius 3 is 1.71 bits per heavy atom. The van der Waals surface area contributed by atoms with E-state index in [1.807, 2.05) is 36.4 Å². The molecule has 3 rings (SSSR count). The van der Waals surface area contributed by atoms with Crippen LogP contribution in [0.3, 0.4) is 0 Å². The van der Waals surface area contributed by atoms with Gasteiger partial charge in [0.15, 0.2) is 11.7 Å². The number of rotatable bonds is 2. The predicted molar refractivity (Wildman–Crippen MR) is 67.4 cm³/mol. The fraction of sp³-hybridized carbons (Fsp3) is 0.125. The molecule has 1 unspecified atom stereocenters. The van der Waals surface area contributed by atoms with E-state index in [0.29, 0.717) is 0 Å². The molecule has 0 aliphatic carbocycles. The first-order valence-corrected chi connectivity index (χ1v) is 5.63. The fourth-order valence-electron chi connectivity index (χ4n) is 2.28. The van der Waals surface area contributed by atoms with Crippen molar-refractivity contribution >= 4 is 0 Å². The van der Waals surface area contributed by atoms with Crippen molar-refractivity contribution in [3.05, 3.63) is 71.8 Å². The van der Waals surface area contributed by atoms with Crippen LogP contribution in [-0.2, 0) is 10.3 Å². The SMILES string of the molecule is C#CC1OC1(c1ccccc1)c1ccccc1. The second-order valence-corrected chi connectivity index (χ2v) is 4.13. The van der Waals surface area contributed by atoms with Gasteiger partial charge in [0.2, 0.25) is 0 Å². The molecular weight excluding hydrogens is 208 g/mol. The number of benzene rings is 2. The lowest BCUT2D eigenvalue weighted by molar-refractivity contribution is 0.339. The molecule has 0 N–H and O–H groups in total. The maximum atomic E-state index is 5.79. The molecule has 1 nitrogen and oxygen atoms in total. The largest absolute Gasteiger partial charge is 0.342 e. The summed E-state index contributed by atoms with van der Waals surface area (Å²) in [5.41, 5.74) is 1.81. The van der Waals surface area contributed by atoms with Gasteiger partial charge >= 0.3 is 0 Å². The van der Waals surface area contributed by atoms with Crippen LogP contribution in [0.15, 0.2) is 60.7 Å². The maximum Gasteiger partial charge on any atom is 0.157 e. The smallest absolute Gasteiger partial charge is 0.157 e. The number of terminal acetylenes is 1. The lowest BCUT2D eigenvalue weighted by Crippen LogP contribution is -2.13. The molecule has 1 aliphatic rings. The van der Waals surface area contributed by atoms with E-state index in [1.54, 1.807) is 0 Å². The van der Waals surface area contributed by atoms with Crippen molar-refractivity contribution in [3.8, 4) is 12.3 Å². The first-order valence-electron chi connectivity index (χ1n) is 5.63. The van der Waals surface area contributed by atoms with Crippen LogP contribution in [0.5, 0.6) is 0 Å². The Kier molecular flexibility index (Phi) is 2.24. The van der Waals surface area contributed by atoms with Crippen LogP contribution >= 0.6 is 0 Å². The van der Waals surface area contributed by atoms with E-state index in [9.17, 15) is 0 Å². The molecule has 0 radical (unpaired) electrons. The van der Waals surface area contributed by atoms with Crippen molar-refractivity contribution in [3.63, 3.8) is 0 Å².